The lowest BCUT2D eigenvalue weighted by molar-refractivity contribution is -0.0514. The maximum absolute atomic E-state index is 13.4. The molecule has 2 bridgehead atoms. The van der Waals surface area contributed by atoms with Crippen LogP contribution in [-0.2, 0) is 5.60 Å². The van der Waals surface area contributed by atoms with Crippen molar-refractivity contribution in [3.05, 3.63) is 35.6 Å². The van der Waals surface area contributed by atoms with E-state index in [9.17, 15) is 9.50 Å². The Bertz CT molecular complexity index is 486. The molecule has 3 aliphatic rings. The SMILES string of the molecule is OC1(c2cccc(F)c2)CC2CC1C1CCCC21. The van der Waals surface area contributed by atoms with Gasteiger partial charge in [0.1, 0.15) is 5.82 Å². The summed E-state index contributed by atoms with van der Waals surface area (Å²) in [7, 11) is 0. The van der Waals surface area contributed by atoms with E-state index in [1.165, 1.54) is 31.4 Å². The predicted octanol–water partition coefficient (Wildman–Crippen LogP) is 3.47. The van der Waals surface area contributed by atoms with Crippen molar-refractivity contribution in [1.82, 2.24) is 0 Å². The largest absolute Gasteiger partial charge is 0.385 e. The number of halogens is 1. The average Bonchev–Trinajstić information content (AvgIpc) is 2.99. The molecule has 3 aliphatic carbocycles. The number of fused-ring (bicyclic) bond motifs is 5. The Kier molecular flexibility index (Phi) is 2.18. The van der Waals surface area contributed by atoms with Crippen LogP contribution in [0.15, 0.2) is 24.3 Å². The summed E-state index contributed by atoms with van der Waals surface area (Å²) in [6.07, 6.45) is 5.95. The van der Waals surface area contributed by atoms with Crippen LogP contribution in [0.2, 0.25) is 0 Å². The molecule has 0 amide bonds. The van der Waals surface area contributed by atoms with E-state index in [0.717, 1.165) is 24.3 Å². The molecule has 1 aromatic carbocycles. The van der Waals surface area contributed by atoms with Gasteiger partial charge in [0, 0.05) is 0 Å². The molecule has 0 aliphatic heterocycles. The summed E-state index contributed by atoms with van der Waals surface area (Å²) in [6.45, 7) is 0. The number of hydrogen-bond donors (Lipinski definition) is 1. The van der Waals surface area contributed by atoms with Crippen LogP contribution in [0.1, 0.15) is 37.7 Å². The second-order valence-corrected chi connectivity index (χ2v) is 6.50. The summed E-state index contributed by atoms with van der Waals surface area (Å²) in [5.74, 6) is 2.36. The van der Waals surface area contributed by atoms with Gasteiger partial charge in [-0.25, -0.2) is 4.39 Å². The summed E-state index contributed by atoms with van der Waals surface area (Å²) in [4.78, 5) is 0. The standard InChI is InChI=1S/C16H19FO/c17-12-4-1-3-11(8-12)16(18)9-10-7-15(16)14-6-2-5-13(10)14/h1,3-4,8,10,13-15,18H,2,5-7,9H2. The van der Waals surface area contributed by atoms with Crippen molar-refractivity contribution in [3.63, 3.8) is 0 Å². The second-order valence-electron chi connectivity index (χ2n) is 6.50. The first-order valence-electron chi connectivity index (χ1n) is 7.17. The Hall–Kier alpha value is -0.890. The summed E-state index contributed by atoms with van der Waals surface area (Å²) in [5.41, 5.74) is 0.0542. The van der Waals surface area contributed by atoms with Crippen LogP contribution >= 0.6 is 0 Å². The molecule has 0 aromatic heterocycles. The minimum atomic E-state index is -0.752. The molecule has 2 heteroatoms. The molecule has 18 heavy (non-hydrogen) atoms. The number of hydrogen-bond acceptors (Lipinski definition) is 1. The van der Waals surface area contributed by atoms with Crippen molar-refractivity contribution < 1.29 is 9.50 Å². The van der Waals surface area contributed by atoms with Crippen molar-refractivity contribution in [1.29, 1.82) is 0 Å². The second kappa shape index (κ2) is 3.57. The van der Waals surface area contributed by atoms with Gasteiger partial charge in [0.05, 0.1) is 5.60 Å². The minimum Gasteiger partial charge on any atom is -0.385 e. The molecule has 1 nitrogen and oxygen atoms in total. The van der Waals surface area contributed by atoms with E-state index in [1.54, 1.807) is 6.07 Å². The third kappa shape index (κ3) is 1.30. The van der Waals surface area contributed by atoms with Crippen LogP contribution in [0.25, 0.3) is 0 Å². The Morgan fingerprint density at radius 2 is 2.06 bits per heavy atom. The van der Waals surface area contributed by atoms with Gasteiger partial charge < -0.3 is 5.11 Å². The van der Waals surface area contributed by atoms with Gasteiger partial charge in [-0.05, 0) is 67.1 Å². The first kappa shape index (κ1) is 11.0. The third-order valence-electron chi connectivity index (χ3n) is 5.82. The zero-order valence-electron chi connectivity index (χ0n) is 10.5. The maximum Gasteiger partial charge on any atom is 0.123 e. The summed E-state index contributed by atoms with van der Waals surface area (Å²) in [5, 5.41) is 11.1. The van der Waals surface area contributed by atoms with Crippen molar-refractivity contribution in [2.24, 2.45) is 23.7 Å². The van der Waals surface area contributed by atoms with Gasteiger partial charge in [0.2, 0.25) is 0 Å². The summed E-state index contributed by atoms with van der Waals surface area (Å²) < 4.78 is 13.4. The lowest BCUT2D eigenvalue weighted by atomic mass is 9.70. The van der Waals surface area contributed by atoms with Crippen molar-refractivity contribution in [2.75, 3.05) is 0 Å². The Morgan fingerprint density at radius 3 is 2.89 bits per heavy atom. The lowest BCUT2D eigenvalue weighted by Gasteiger charge is -2.39. The summed E-state index contributed by atoms with van der Waals surface area (Å²) >= 11 is 0. The average molecular weight is 246 g/mol. The van der Waals surface area contributed by atoms with Gasteiger partial charge in [-0.15, -0.1) is 0 Å². The zero-order valence-corrected chi connectivity index (χ0v) is 10.5. The van der Waals surface area contributed by atoms with Crippen molar-refractivity contribution >= 4 is 0 Å². The van der Waals surface area contributed by atoms with E-state index in [0.29, 0.717) is 17.8 Å². The first-order chi connectivity index (χ1) is 8.68. The van der Waals surface area contributed by atoms with Crippen LogP contribution in [0.5, 0.6) is 0 Å². The van der Waals surface area contributed by atoms with E-state index >= 15 is 0 Å². The quantitative estimate of drug-likeness (QED) is 0.804. The van der Waals surface area contributed by atoms with Gasteiger partial charge in [0.25, 0.3) is 0 Å². The van der Waals surface area contributed by atoms with Gasteiger partial charge >= 0.3 is 0 Å². The molecule has 3 fully saturated rings. The molecule has 0 radical (unpaired) electrons. The molecule has 0 spiro atoms. The molecule has 0 saturated heterocycles. The van der Waals surface area contributed by atoms with Crippen LogP contribution in [0, 0.1) is 29.5 Å². The Morgan fingerprint density at radius 1 is 1.22 bits per heavy atom. The van der Waals surface area contributed by atoms with E-state index in [1.807, 2.05) is 6.07 Å². The van der Waals surface area contributed by atoms with Gasteiger partial charge in [0.15, 0.2) is 0 Å². The highest BCUT2D eigenvalue weighted by Gasteiger charge is 2.60. The van der Waals surface area contributed by atoms with Crippen molar-refractivity contribution in [3.8, 4) is 0 Å². The molecule has 5 unspecified atom stereocenters. The molecule has 1 aromatic rings. The van der Waals surface area contributed by atoms with Crippen molar-refractivity contribution in [2.45, 2.75) is 37.7 Å². The highest BCUT2D eigenvalue weighted by atomic mass is 19.1. The fourth-order valence-corrected chi connectivity index (χ4v) is 5.20. The van der Waals surface area contributed by atoms with Crippen LogP contribution in [0.4, 0.5) is 4.39 Å². The van der Waals surface area contributed by atoms with E-state index < -0.39 is 5.60 Å². The molecule has 5 atom stereocenters. The topological polar surface area (TPSA) is 20.2 Å². The fourth-order valence-electron chi connectivity index (χ4n) is 5.20. The normalized spacial score (nSPS) is 45.4. The summed E-state index contributed by atoms with van der Waals surface area (Å²) in [6, 6.07) is 6.61. The minimum absolute atomic E-state index is 0.230. The highest BCUT2D eigenvalue weighted by Crippen LogP contribution is 2.65. The number of aliphatic hydroxyl groups is 1. The van der Waals surface area contributed by atoms with Gasteiger partial charge in [-0.2, -0.15) is 0 Å². The highest BCUT2D eigenvalue weighted by molar-refractivity contribution is 5.28. The molecular weight excluding hydrogens is 227 g/mol. The molecule has 4 rings (SSSR count). The Labute approximate surface area is 107 Å². The number of rotatable bonds is 1. The van der Waals surface area contributed by atoms with Crippen LogP contribution in [0.3, 0.4) is 0 Å². The Balaban J connectivity index is 1.73. The fraction of sp³-hybridized carbons (Fsp3) is 0.625. The molecular formula is C16H19FO. The van der Waals surface area contributed by atoms with Crippen LogP contribution in [-0.4, -0.2) is 5.11 Å². The molecule has 3 saturated carbocycles. The molecule has 1 N–H and O–H groups in total. The first-order valence-corrected chi connectivity index (χ1v) is 7.17. The third-order valence-corrected chi connectivity index (χ3v) is 5.82. The maximum atomic E-state index is 13.4. The lowest BCUT2D eigenvalue weighted by Crippen LogP contribution is -2.39. The van der Waals surface area contributed by atoms with Gasteiger partial charge in [-0.1, -0.05) is 18.6 Å². The smallest absolute Gasteiger partial charge is 0.123 e. The monoisotopic (exact) mass is 246 g/mol. The predicted molar refractivity (Wildman–Crippen MR) is 67.3 cm³/mol. The zero-order chi connectivity index (χ0) is 12.3. The van der Waals surface area contributed by atoms with E-state index in [2.05, 4.69) is 0 Å². The van der Waals surface area contributed by atoms with Crippen LogP contribution < -0.4 is 0 Å². The number of benzene rings is 1. The van der Waals surface area contributed by atoms with Gasteiger partial charge in [-0.3, -0.25) is 0 Å². The van der Waals surface area contributed by atoms with E-state index in [-0.39, 0.29) is 5.82 Å². The van der Waals surface area contributed by atoms with E-state index in [4.69, 9.17) is 0 Å². The molecule has 96 valence electrons. The molecule has 0 heterocycles.